The van der Waals surface area contributed by atoms with E-state index in [0.717, 1.165) is 28.3 Å². The molecule has 68 heavy (non-hydrogen) atoms. The Bertz CT molecular complexity index is 2500. The van der Waals surface area contributed by atoms with Gasteiger partial charge in [0.25, 0.3) is 5.91 Å². The third kappa shape index (κ3) is 14.3. The number of aryl methyl sites for hydroxylation is 3. The lowest BCUT2D eigenvalue weighted by molar-refractivity contribution is -0.186. The fraction of sp³-hybridized carbons (Fsp3) is 0.400. The molecule has 1 aliphatic heterocycles. The summed E-state index contributed by atoms with van der Waals surface area (Å²) in [4.78, 5) is 33.5. The zero-order valence-electron chi connectivity index (χ0n) is 39.9. The Labute approximate surface area is 413 Å². The molecule has 6 aromatic rings. The van der Waals surface area contributed by atoms with Crippen LogP contribution in [0.25, 0.3) is 0 Å². The van der Waals surface area contributed by atoms with Crippen LogP contribution in [0.1, 0.15) is 63.3 Å². The summed E-state index contributed by atoms with van der Waals surface area (Å²) in [6.45, 7) is 14.7. The lowest BCUT2D eigenvalue weighted by atomic mass is 9.73. The number of amides is 1. The Kier molecular flexibility index (Phi) is 19.1. The number of halogens is 3. The molecular weight excluding hydrogens is 933 g/mol. The molecule has 1 aliphatic rings. The van der Waals surface area contributed by atoms with Crippen LogP contribution in [0.3, 0.4) is 0 Å². The van der Waals surface area contributed by atoms with Gasteiger partial charge in [0.05, 0.1) is 42.7 Å². The van der Waals surface area contributed by atoms with Gasteiger partial charge in [0, 0.05) is 22.7 Å². The standard InChI is InChI=1S/C19H17Cl2N3O3.C16H22ClN3O.C15H21NO4/c1-13-9-25-19(27-13,10-24-12-22-11-23-24)17-7-6-16(8-18(17)21)26-15-4-2-14(20)3-5-15;1-15(2,3)16(21,10-20-12-18-11-19-20)9-8-13-4-6-14(17)7-5-13;1-10-7-6-8-11(2)14(10)16(13(17)9-19-4)12(3)15(18)20-5/h2-8,11-13H,9-10H2,1H3;4-7,11-12,21H,8-10H2,1-3H3;6-8,12H,9H2,1-5H3/t;;12-/m..1/s1. The van der Waals surface area contributed by atoms with E-state index in [4.69, 9.17) is 58.5 Å². The number of para-hydroxylation sites is 1. The number of aromatic nitrogens is 6. The Morgan fingerprint density at radius 2 is 1.47 bits per heavy atom. The van der Waals surface area contributed by atoms with Gasteiger partial charge < -0.3 is 28.8 Å². The predicted molar refractivity (Wildman–Crippen MR) is 262 cm³/mol. The van der Waals surface area contributed by atoms with Gasteiger partial charge in [0.15, 0.2) is 0 Å². The van der Waals surface area contributed by atoms with Crippen molar-refractivity contribution >= 4 is 52.4 Å². The highest BCUT2D eigenvalue weighted by Crippen LogP contribution is 2.41. The van der Waals surface area contributed by atoms with Crippen molar-refractivity contribution in [1.82, 2.24) is 29.5 Å². The molecule has 0 bridgehead atoms. The summed E-state index contributed by atoms with van der Waals surface area (Å²) in [5.74, 6) is -0.487. The fourth-order valence-corrected chi connectivity index (χ4v) is 8.02. The van der Waals surface area contributed by atoms with E-state index in [1.54, 1.807) is 59.3 Å². The lowest BCUT2D eigenvalue weighted by Crippen LogP contribution is -2.47. The van der Waals surface area contributed by atoms with Gasteiger partial charge in [-0.1, -0.05) is 85.9 Å². The van der Waals surface area contributed by atoms with E-state index < -0.39 is 23.4 Å². The van der Waals surface area contributed by atoms with Crippen LogP contribution in [0.15, 0.2) is 110 Å². The Morgan fingerprint density at radius 1 is 0.882 bits per heavy atom. The average Bonchev–Trinajstić information content (AvgIpc) is 4.09. The first-order valence-electron chi connectivity index (χ1n) is 21.9. The maximum absolute atomic E-state index is 12.3. The minimum absolute atomic E-state index is 0.0606. The highest BCUT2D eigenvalue weighted by Gasteiger charge is 2.44. The minimum atomic E-state index is -1.02. The molecule has 0 saturated carbocycles. The highest BCUT2D eigenvalue weighted by molar-refractivity contribution is 6.31. The van der Waals surface area contributed by atoms with Crippen molar-refractivity contribution in [2.45, 2.75) is 97.9 Å². The molecule has 0 aliphatic carbocycles. The summed E-state index contributed by atoms with van der Waals surface area (Å²) in [6.07, 6.45) is 7.59. The lowest BCUT2D eigenvalue weighted by Gasteiger charge is -2.40. The van der Waals surface area contributed by atoms with E-state index in [1.165, 1.54) is 37.3 Å². The molecule has 0 spiro atoms. The maximum atomic E-state index is 12.3. The second-order valence-corrected chi connectivity index (χ2v) is 18.7. The van der Waals surface area contributed by atoms with E-state index in [2.05, 4.69) is 20.2 Å². The first-order valence-corrected chi connectivity index (χ1v) is 23.0. The highest BCUT2D eigenvalue weighted by atomic mass is 35.5. The molecule has 1 amide bonds. The number of rotatable bonds is 15. The molecule has 2 aromatic heterocycles. The molecule has 15 nitrogen and oxygen atoms in total. The summed E-state index contributed by atoms with van der Waals surface area (Å²) in [6, 6.07) is 25.3. The van der Waals surface area contributed by atoms with Crippen LogP contribution in [0.4, 0.5) is 5.69 Å². The largest absolute Gasteiger partial charge is 0.467 e. The van der Waals surface area contributed by atoms with Crippen LogP contribution in [-0.2, 0) is 53.8 Å². The van der Waals surface area contributed by atoms with E-state index in [1.807, 2.05) is 96.1 Å². The molecule has 1 fully saturated rings. The quantitative estimate of drug-likeness (QED) is 0.0970. The number of anilines is 1. The first kappa shape index (κ1) is 53.6. The first-order chi connectivity index (χ1) is 32.3. The molecule has 4 aromatic carbocycles. The van der Waals surface area contributed by atoms with Gasteiger partial charge in [-0.3, -0.25) is 14.4 Å². The number of hydrogen-bond acceptors (Lipinski definition) is 12. The van der Waals surface area contributed by atoms with Gasteiger partial charge in [-0.25, -0.2) is 19.4 Å². The molecular formula is C50H60Cl3N7O8. The van der Waals surface area contributed by atoms with Crippen LogP contribution in [0.2, 0.25) is 15.1 Å². The number of aliphatic hydroxyl groups is 1. The van der Waals surface area contributed by atoms with Crippen LogP contribution in [0, 0.1) is 19.3 Å². The molecule has 7 rings (SSSR count). The van der Waals surface area contributed by atoms with Gasteiger partial charge >= 0.3 is 5.97 Å². The van der Waals surface area contributed by atoms with Gasteiger partial charge in [-0.2, -0.15) is 10.2 Å². The summed E-state index contributed by atoms with van der Waals surface area (Å²) >= 11 is 18.4. The zero-order chi connectivity index (χ0) is 49.6. The average molecular weight is 993 g/mol. The van der Waals surface area contributed by atoms with Crippen LogP contribution in [0.5, 0.6) is 11.5 Å². The smallest absolute Gasteiger partial charge is 0.328 e. The molecule has 18 heteroatoms. The number of methoxy groups -OCH3 is 2. The summed E-state index contributed by atoms with van der Waals surface area (Å²) in [5.41, 5.74) is 3.34. The zero-order valence-corrected chi connectivity index (χ0v) is 42.1. The Morgan fingerprint density at radius 3 is 1.99 bits per heavy atom. The summed E-state index contributed by atoms with van der Waals surface area (Å²) in [7, 11) is 2.76. The van der Waals surface area contributed by atoms with Crippen molar-refractivity contribution in [2.75, 3.05) is 32.3 Å². The number of nitrogens with zero attached hydrogens (tertiary/aromatic N) is 7. The van der Waals surface area contributed by atoms with Gasteiger partial charge in [-0.15, -0.1) is 0 Å². The van der Waals surface area contributed by atoms with Gasteiger partial charge in [0.2, 0.25) is 5.79 Å². The van der Waals surface area contributed by atoms with E-state index in [9.17, 15) is 14.7 Å². The normalized spacial score (nSPS) is 16.9. The topological polar surface area (TPSA) is 165 Å². The maximum Gasteiger partial charge on any atom is 0.328 e. The monoisotopic (exact) mass is 991 g/mol. The van der Waals surface area contributed by atoms with Crippen molar-refractivity contribution in [3.63, 3.8) is 0 Å². The number of hydrogen-bond donors (Lipinski definition) is 1. The van der Waals surface area contributed by atoms with E-state index >= 15 is 0 Å². The van der Waals surface area contributed by atoms with E-state index in [0.29, 0.717) is 53.2 Å². The molecule has 364 valence electrons. The third-order valence-corrected chi connectivity index (χ3v) is 12.2. The van der Waals surface area contributed by atoms with Crippen molar-refractivity contribution in [1.29, 1.82) is 0 Å². The predicted octanol–water partition coefficient (Wildman–Crippen LogP) is 9.85. The number of esters is 1. The number of carbonyl (C=O) groups excluding carboxylic acids is 2. The second kappa shape index (κ2) is 24.2. The fourth-order valence-electron chi connectivity index (χ4n) is 7.45. The van der Waals surface area contributed by atoms with Crippen molar-refractivity contribution in [3.8, 4) is 11.5 Å². The van der Waals surface area contributed by atoms with Gasteiger partial charge in [-0.05, 0) is 117 Å². The number of carbonyl (C=O) groups is 2. The summed E-state index contributed by atoms with van der Waals surface area (Å²) < 4.78 is 31.0. The SMILES string of the molecule is CC(C)(C)C(O)(CCc1ccc(Cl)cc1)Cn1cncn1.CC1COC(Cn2cncn2)(c2ccc(Oc3ccc(Cl)cc3)cc2Cl)O1.COCC(=O)N(c1c(C)cccc1C)[C@H](C)C(=O)OC. The second-order valence-electron chi connectivity index (χ2n) is 17.4. The number of benzene rings is 4. The molecule has 3 unspecified atom stereocenters. The molecule has 3 heterocycles. The minimum Gasteiger partial charge on any atom is -0.467 e. The third-order valence-electron chi connectivity index (χ3n) is 11.4. The van der Waals surface area contributed by atoms with Crippen molar-refractivity contribution in [3.05, 3.63) is 148 Å². The van der Waals surface area contributed by atoms with Crippen molar-refractivity contribution in [2.24, 2.45) is 5.41 Å². The Balaban J connectivity index is 0.000000194. The van der Waals surface area contributed by atoms with Crippen molar-refractivity contribution < 1.29 is 38.4 Å². The molecule has 1 N–H and O–H groups in total. The Hall–Kier alpha value is -5.39. The van der Waals surface area contributed by atoms with Crippen LogP contribution >= 0.6 is 34.8 Å². The molecule has 1 saturated heterocycles. The van der Waals surface area contributed by atoms with E-state index in [-0.39, 0.29) is 24.0 Å². The number of ether oxygens (including phenoxy) is 5. The van der Waals surface area contributed by atoms with Crippen LogP contribution in [-0.4, -0.2) is 91.7 Å². The van der Waals surface area contributed by atoms with Gasteiger partial charge in [0.1, 0.15) is 56.0 Å². The summed E-state index contributed by atoms with van der Waals surface area (Å²) in [5, 5.41) is 21.2. The molecule has 4 atom stereocenters. The van der Waals surface area contributed by atoms with Crippen LogP contribution < -0.4 is 9.64 Å². The molecule has 0 radical (unpaired) electrons.